The van der Waals surface area contributed by atoms with Crippen LogP contribution in [-0.2, 0) is 20.9 Å². The number of nitrogens with one attached hydrogen (secondary N) is 1. The largest absolute Gasteiger partial charge is 0.488 e. The summed E-state index contributed by atoms with van der Waals surface area (Å²) in [5.74, 6) is -2.23. The van der Waals surface area contributed by atoms with Crippen molar-refractivity contribution in [2.24, 2.45) is 0 Å². The normalized spacial score (nSPS) is 14.6. The Kier molecular flexibility index (Phi) is 6.68. The Bertz CT molecular complexity index is 1330. The van der Waals surface area contributed by atoms with Crippen LogP contribution in [0.25, 0.3) is 6.08 Å². The number of anilines is 1. The maximum Gasteiger partial charge on any atom is 0.337 e. The lowest BCUT2D eigenvalue weighted by Crippen LogP contribution is -2.54. The van der Waals surface area contributed by atoms with Gasteiger partial charge in [0, 0.05) is 5.56 Å². The van der Waals surface area contributed by atoms with E-state index in [1.807, 2.05) is 0 Å². The number of esters is 1. The number of halogens is 1. The minimum atomic E-state index is -0.913. The summed E-state index contributed by atoms with van der Waals surface area (Å²) in [6.45, 7) is 0.137. The van der Waals surface area contributed by atoms with Gasteiger partial charge in [-0.1, -0.05) is 30.3 Å². The fourth-order valence-electron chi connectivity index (χ4n) is 3.38. The Morgan fingerprint density at radius 2 is 1.66 bits per heavy atom. The van der Waals surface area contributed by atoms with Gasteiger partial charge < -0.3 is 9.47 Å². The monoisotopic (exact) mass is 474 g/mol. The van der Waals surface area contributed by atoms with Gasteiger partial charge in [-0.3, -0.25) is 14.9 Å². The van der Waals surface area contributed by atoms with Crippen molar-refractivity contribution in [1.82, 2.24) is 5.32 Å². The first-order valence-corrected chi connectivity index (χ1v) is 10.4. The van der Waals surface area contributed by atoms with Crippen molar-refractivity contribution >= 4 is 35.6 Å². The van der Waals surface area contributed by atoms with E-state index >= 15 is 0 Å². The molecule has 1 fully saturated rings. The van der Waals surface area contributed by atoms with Crippen LogP contribution in [0.5, 0.6) is 5.75 Å². The van der Waals surface area contributed by atoms with Crippen LogP contribution >= 0.6 is 0 Å². The van der Waals surface area contributed by atoms with E-state index in [0.717, 1.165) is 10.5 Å². The second-order valence-electron chi connectivity index (χ2n) is 7.45. The van der Waals surface area contributed by atoms with E-state index in [1.165, 1.54) is 49.6 Å². The first-order valence-electron chi connectivity index (χ1n) is 10.4. The summed E-state index contributed by atoms with van der Waals surface area (Å²) in [5, 5.41) is 2.15. The van der Waals surface area contributed by atoms with Crippen LogP contribution < -0.4 is 15.0 Å². The number of rotatable bonds is 6. The second kappa shape index (κ2) is 10.0. The fourth-order valence-corrected chi connectivity index (χ4v) is 3.38. The van der Waals surface area contributed by atoms with E-state index in [0.29, 0.717) is 11.3 Å². The smallest absolute Gasteiger partial charge is 0.337 e. The Hall–Kier alpha value is -4.79. The summed E-state index contributed by atoms with van der Waals surface area (Å²) in [6.07, 6.45) is 1.33. The molecule has 0 atom stereocenters. The molecule has 0 saturated carbocycles. The van der Waals surface area contributed by atoms with Gasteiger partial charge in [-0.15, -0.1) is 0 Å². The van der Waals surface area contributed by atoms with E-state index in [1.54, 1.807) is 36.4 Å². The molecule has 4 rings (SSSR count). The maximum absolute atomic E-state index is 13.2. The van der Waals surface area contributed by atoms with E-state index in [9.17, 15) is 23.6 Å². The fraction of sp³-hybridized carbons (Fsp3) is 0.0769. The summed E-state index contributed by atoms with van der Waals surface area (Å²) in [5.41, 5.74) is 1.29. The lowest BCUT2D eigenvalue weighted by atomic mass is 10.1. The Balaban J connectivity index is 1.61. The number of hydrogen-bond donors (Lipinski definition) is 1. The third-order valence-electron chi connectivity index (χ3n) is 5.17. The highest BCUT2D eigenvalue weighted by Gasteiger charge is 2.37. The number of benzene rings is 3. The third kappa shape index (κ3) is 5.09. The first kappa shape index (κ1) is 23.4. The summed E-state index contributed by atoms with van der Waals surface area (Å²) in [7, 11) is 1.24. The number of methoxy groups -OCH3 is 1. The zero-order valence-corrected chi connectivity index (χ0v) is 18.5. The highest BCUT2D eigenvalue weighted by molar-refractivity contribution is 6.39. The van der Waals surface area contributed by atoms with Gasteiger partial charge in [0.2, 0.25) is 0 Å². The molecule has 9 heteroatoms. The molecule has 1 aliphatic rings. The number of urea groups is 1. The quantitative estimate of drug-likeness (QED) is 0.331. The predicted molar refractivity (Wildman–Crippen MR) is 124 cm³/mol. The summed E-state index contributed by atoms with van der Waals surface area (Å²) < 4.78 is 23.6. The number of para-hydroxylation sites is 1. The Morgan fingerprint density at radius 1 is 0.971 bits per heavy atom. The summed E-state index contributed by atoms with van der Waals surface area (Å²) in [6, 6.07) is 17.3. The maximum atomic E-state index is 13.2. The summed E-state index contributed by atoms with van der Waals surface area (Å²) >= 11 is 0. The van der Waals surface area contributed by atoms with Crippen LogP contribution in [0.3, 0.4) is 0 Å². The molecule has 0 bridgehead atoms. The van der Waals surface area contributed by atoms with Gasteiger partial charge in [0.05, 0.1) is 18.4 Å². The molecule has 0 spiro atoms. The average Bonchev–Trinajstić information content (AvgIpc) is 2.86. The van der Waals surface area contributed by atoms with Gasteiger partial charge in [-0.2, -0.15) is 0 Å². The number of carbonyl (C=O) groups excluding carboxylic acids is 4. The van der Waals surface area contributed by atoms with Gasteiger partial charge in [0.1, 0.15) is 23.7 Å². The highest BCUT2D eigenvalue weighted by atomic mass is 19.1. The minimum Gasteiger partial charge on any atom is -0.488 e. The highest BCUT2D eigenvalue weighted by Crippen LogP contribution is 2.26. The SMILES string of the molecule is COC(=O)c1ccc(N2C(=O)NC(=O)/C(=C\c3ccccc3OCc3ccc(F)cc3)C2=O)cc1. The second-order valence-corrected chi connectivity index (χ2v) is 7.45. The van der Waals surface area contributed by atoms with Crippen LogP contribution in [0.4, 0.5) is 14.9 Å². The number of carbonyl (C=O) groups is 4. The third-order valence-corrected chi connectivity index (χ3v) is 5.17. The van der Waals surface area contributed by atoms with Crippen LogP contribution in [0.1, 0.15) is 21.5 Å². The molecule has 1 saturated heterocycles. The zero-order chi connectivity index (χ0) is 24.9. The van der Waals surface area contributed by atoms with Gasteiger partial charge >= 0.3 is 12.0 Å². The minimum absolute atomic E-state index is 0.137. The van der Waals surface area contributed by atoms with Crippen LogP contribution in [0, 0.1) is 5.82 Å². The molecule has 3 aromatic carbocycles. The molecule has 1 heterocycles. The Labute approximate surface area is 199 Å². The van der Waals surface area contributed by atoms with E-state index < -0.39 is 23.8 Å². The molecule has 0 radical (unpaired) electrons. The molecule has 3 aromatic rings. The van der Waals surface area contributed by atoms with Gasteiger partial charge in [0.25, 0.3) is 11.8 Å². The molecule has 4 amide bonds. The van der Waals surface area contributed by atoms with Crippen LogP contribution in [0.2, 0.25) is 0 Å². The van der Waals surface area contributed by atoms with Crippen LogP contribution in [0.15, 0.2) is 78.4 Å². The molecule has 1 N–H and O–H groups in total. The van der Waals surface area contributed by atoms with Crippen molar-refractivity contribution < 1.29 is 33.0 Å². The number of ether oxygens (including phenoxy) is 2. The standard InChI is InChI=1S/C26H19FN2O6/c1-34-25(32)17-8-12-20(13-9-17)29-24(31)21(23(30)28-26(29)33)14-18-4-2-3-5-22(18)35-15-16-6-10-19(27)11-7-16/h2-14H,15H2,1H3,(H,28,30,33)/b21-14+. The van der Waals surface area contributed by atoms with Crippen molar-refractivity contribution in [3.05, 3.63) is 101 Å². The molecular weight excluding hydrogens is 455 g/mol. The van der Waals surface area contributed by atoms with Gasteiger partial charge in [-0.25, -0.2) is 18.9 Å². The first-order chi connectivity index (χ1) is 16.9. The van der Waals surface area contributed by atoms with Gasteiger partial charge in [-0.05, 0) is 54.1 Å². The van der Waals surface area contributed by atoms with Crippen molar-refractivity contribution in [2.75, 3.05) is 12.0 Å². The molecule has 35 heavy (non-hydrogen) atoms. The average molecular weight is 474 g/mol. The zero-order valence-electron chi connectivity index (χ0n) is 18.5. The van der Waals surface area contributed by atoms with Crippen molar-refractivity contribution in [3.63, 3.8) is 0 Å². The number of barbiturate groups is 1. The van der Waals surface area contributed by atoms with Crippen molar-refractivity contribution in [1.29, 1.82) is 0 Å². The Morgan fingerprint density at radius 3 is 2.34 bits per heavy atom. The molecule has 1 aliphatic heterocycles. The number of nitrogens with zero attached hydrogens (tertiary/aromatic N) is 1. The van der Waals surface area contributed by atoms with Gasteiger partial charge in [0.15, 0.2) is 0 Å². The molecule has 176 valence electrons. The van der Waals surface area contributed by atoms with E-state index in [4.69, 9.17) is 4.74 Å². The van der Waals surface area contributed by atoms with Crippen molar-refractivity contribution in [2.45, 2.75) is 6.61 Å². The number of hydrogen-bond acceptors (Lipinski definition) is 6. The molecule has 0 unspecified atom stereocenters. The topological polar surface area (TPSA) is 102 Å². The molecule has 0 aromatic heterocycles. The predicted octanol–water partition coefficient (Wildman–Crippen LogP) is 3.86. The number of imide groups is 2. The van der Waals surface area contributed by atoms with Crippen molar-refractivity contribution in [3.8, 4) is 5.75 Å². The molecule has 8 nitrogen and oxygen atoms in total. The molecular formula is C26H19FN2O6. The molecule has 0 aliphatic carbocycles. The van der Waals surface area contributed by atoms with Crippen LogP contribution in [-0.4, -0.2) is 30.9 Å². The lowest BCUT2D eigenvalue weighted by molar-refractivity contribution is -0.122. The van der Waals surface area contributed by atoms with E-state index in [-0.39, 0.29) is 29.2 Å². The van der Waals surface area contributed by atoms with E-state index in [2.05, 4.69) is 10.1 Å². The lowest BCUT2D eigenvalue weighted by Gasteiger charge is -2.26. The summed E-state index contributed by atoms with van der Waals surface area (Å²) in [4.78, 5) is 50.6. The number of amides is 4.